The van der Waals surface area contributed by atoms with Crippen molar-refractivity contribution < 1.29 is 53.1 Å². The van der Waals surface area contributed by atoms with Gasteiger partial charge in [0.05, 0.1) is 39.6 Å². The first-order chi connectivity index (χ1) is 11.8. The zero-order valence-corrected chi connectivity index (χ0v) is 14.4. The molecule has 1 rings (SSSR count). The third-order valence-electron chi connectivity index (χ3n) is 3.22. The average Bonchev–Trinajstić information content (AvgIpc) is 2.55. The number of hydrogen-bond acceptors (Lipinski definition) is 10. The first-order valence-electron chi connectivity index (χ1n) is 7.63. The van der Waals surface area contributed by atoms with Crippen LogP contribution < -0.4 is 5.73 Å². The van der Waals surface area contributed by atoms with E-state index in [0.29, 0.717) is 26.4 Å². The molecule has 0 amide bonds. The van der Waals surface area contributed by atoms with Crippen LogP contribution in [0.4, 0.5) is 0 Å². The standard InChI is InChI=1S/C12H26NO11P/c13-1-2-20-3-4-21-5-6-22-12-11(16)10(15)9(14)8(24-12)7-23-25(17,18)19/h8-12,14-16H,1-7,13H2,(H2,17,18,19). The monoisotopic (exact) mass is 391 g/mol. The van der Waals surface area contributed by atoms with Gasteiger partial charge in [0.15, 0.2) is 6.29 Å². The smallest absolute Gasteiger partial charge is 0.387 e. The molecule has 1 heterocycles. The summed E-state index contributed by atoms with van der Waals surface area (Å²) in [5.74, 6) is 0. The maximum atomic E-state index is 10.7. The van der Waals surface area contributed by atoms with Crippen molar-refractivity contribution in [2.75, 3.05) is 46.2 Å². The van der Waals surface area contributed by atoms with E-state index in [-0.39, 0.29) is 13.2 Å². The van der Waals surface area contributed by atoms with E-state index in [1.54, 1.807) is 0 Å². The van der Waals surface area contributed by atoms with Gasteiger partial charge in [0, 0.05) is 6.54 Å². The molecule has 7 N–H and O–H groups in total. The minimum absolute atomic E-state index is 0.00744. The van der Waals surface area contributed by atoms with Gasteiger partial charge in [-0.25, -0.2) is 4.57 Å². The molecule has 1 fully saturated rings. The fourth-order valence-electron chi connectivity index (χ4n) is 1.99. The Balaban J connectivity index is 2.33. The van der Waals surface area contributed by atoms with E-state index < -0.39 is 45.1 Å². The van der Waals surface area contributed by atoms with Crippen LogP contribution in [0.15, 0.2) is 0 Å². The quantitative estimate of drug-likeness (QED) is 0.145. The molecule has 0 bridgehead atoms. The van der Waals surface area contributed by atoms with Crippen LogP contribution in [0.3, 0.4) is 0 Å². The molecule has 12 nitrogen and oxygen atoms in total. The summed E-state index contributed by atoms with van der Waals surface area (Å²) in [5.41, 5.74) is 5.25. The number of phosphoric ester groups is 1. The van der Waals surface area contributed by atoms with E-state index in [0.717, 1.165) is 0 Å². The van der Waals surface area contributed by atoms with Crippen molar-refractivity contribution in [1.82, 2.24) is 0 Å². The van der Waals surface area contributed by atoms with Crippen LogP contribution in [0.5, 0.6) is 0 Å². The van der Waals surface area contributed by atoms with Crippen LogP contribution in [-0.4, -0.2) is 102 Å². The second kappa shape index (κ2) is 11.5. The van der Waals surface area contributed by atoms with Crippen molar-refractivity contribution in [2.24, 2.45) is 5.73 Å². The Labute approximate surface area is 144 Å². The van der Waals surface area contributed by atoms with Crippen molar-refractivity contribution >= 4 is 7.82 Å². The zero-order chi connectivity index (χ0) is 18.9. The highest BCUT2D eigenvalue weighted by atomic mass is 31.2. The van der Waals surface area contributed by atoms with E-state index in [1.807, 2.05) is 0 Å². The number of hydrogen-bond donors (Lipinski definition) is 6. The van der Waals surface area contributed by atoms with E-state index in [2.05, 4.69) is 4.52 Å². The SMILES string of the molecule is NCCOCCOCCOC1OC(COP(=O)(O)O)C(O)C(O)C1O. The van der Waals surface area contributed by atoms with Crippen molar-refractivity contribution in [3.63, 3.8) is 0 Å². The van der Waals surface area contributed by atoms with Crippen molar-refractivity contribution in [3.05, 3.63) is 0 Å². The molecule has 150 valence electrons. The molecule has 0 radical (unpaired) electrons. The van der Waals surface area contributed by atoms with Gasteiger partial charge in [-0.05, 0) is 0 Å². The molecule has 1 saturated heterocycles. The fraction of sp³-hybridized carbons (Fsp3) is 1.00. The Kier molecular flexibility index (Phi) is 10.5. The van der Waals surface area contributed by atoms with Crippen LogP contribution in [0, 0.1) is 0 Å². The normalized spacial score (nSPS) is 30.6. The molecule has 1 aliphatic rings. The third kappa shape index (κ3) is 8.82. The van der Waals surface area contributed by atoms with E-state index in [4.69, 9.17) is 34.5 Å². The summed E-state index contributed by atoms with van der Waals surface area (Å²) >= 11 is 0. The summed E-state index contributed by atoms with van der Waals surface area (Å²) in [4.78, 5) is 17.3. The molecule has 25 heavy (non-hydrogen) atoms. The van der Waals surface area contributed by atoms with Gasteiger partial charge < -0.3 is 49.8 Å². The summed E-state index contributed by atoms with van der Waals surface area (Å²) in [6.45, 7) is 1.00. The van der Waals surface area contributed by atoms with Gasteiger partial charge in [-0.2, -0.15) is 0 Å². The molecule has 0 aromatic heterocycles. The van der Waals surface area contributed by atoms with E-state index in [1.165, 1.54) is 0 Å². The largest absolute Gasteiger partial charge is 0.469 e. The highest BCUT2D eigenvalue weighted by Crippen LogP contribution is 2.37. The van der Waals surface area contributed by atoms with E-state index >= 15 is 0 Å². The summed E-state index contributed by atoms with van der Waals surface area (Å²) in [7, 11) is -4.77. The molecule has 13 heteroatoms. The number of aliphatic hydroxyl groups is 3. The molecule has 0 saturated carbocycles. The van der Waals surface area contributed by atoms with Crippen molar-refractivity contribution in [2.45, 2.75) is 30.7 Å². The topological polar surface area (TPSA) is 190 Å². The van der Waals surface area contributed by atoms with Crippen LogP contribution in [0.25, 0.3) is 0 Å². The van der Waals surface area contributed by atoms with Crippen LogP contribution in [0.2, 0.25) is 0 Å². The second-order valence-electron chi connectivity index (χ2n) is 5.19. The van der Waals surface area contributed by atoms with Crippen molar-refractivity contribution in [3.8, 4) is 0 Å². The molecule has 5 atom stereocenters. The number of rotatable bonds is 12. The maximum Gasteiger partial charge on any atom is 0.469 e. The molecule has 0 aromatic rings. The highest BCUT2D eigenvalue weighted by molar-refractivity contribution is 7.46. The summed E-state index contributed by atoms with van der Waals surface area (Å²) < 4.78 is 35.7. The van der Waals surface area contributed by atoms with Gasteiger partial charge in [-0.3, -0.25) is 4.52 Å². The molecule has 5 unspecified atom stereocenters. The minimum atomic E-state index is -4.77. The first-order valence-corrected chi connectivity index (χ1v) is 9.16. The molecule has 1 aliphatic heterocycles. The summed E-state index contributed by atoms with van der Waals surface area (Å²) in [6, 6.07) is 0. The second-order valence-corrected chi connectivity index (χ2v) is 6.42. The van der Waals surface area contributed by atoms with Crippen molar-refractivity contribution in [1.29, 1.82) is 0 Å². The first kappa shape index (κ1) is 22.8. The molecule has 0 spiro atoms. The van der Waals surface area contributed by atoms with Gasteiger partial charge in [-0.1, -0.05) is 0 Å². The number of phosphoric acid groups is 1. The van der Waals surface area contributed by atoms with Gasteiger partial charge in [-0.15, -0.1) is 0 Å². The van der Waals surface area contributed by atoms with Crippen LogP contribution in [-0.2, 0) is 28.0 Å². The average molecular weight is 391 g/mol. The Morgan fingerprint density at radius 3 is 2.12 bits per heavy atom. The summed E-state index contributed by atoms with van der Waals surface area (Å²) in [5, 5.41) is 29.4. The number of aliphatic hydroxyl groups excluding tert-OH is 3. The Morgan fingerprint density at radius 2 is 1.52 bits per heavy atom. The Morgan fingerprint density at radius 1 is 0.920 bits per heavy atom. The lowest BCUT2D eigenvalue weighted by atomic mass is 9.99. The molecular formula is C12H26NO11P. The van der Waals surface area contributed by atoms with Crippen LogP contribution in [0.1, 0.15) is 0 Å². The van der Waals surface area contributed by atoms with Gasteiger partial charge in [0.2, 0.25) is 0 Å². The Hall–Kier alpha value is -0.210. The lowest BCUT2D eigenvalue weighted by Gasteiger charge is -2.40. The molecule has 0 aliphatic carbocycles. The predicted octanol–water partition coefficient (Wildman–Crippen LogP) is -3.09. The predicted molar refractivity (Wildman–Crippen MR) is 81.3 cm³/mol. The highest BCUT2D eigenvalue weighted by Gasteiger charge is 2.44. The molecule has 0 aromatic carbocycles. The van der Waals surface area contributed by atoms with Gasteiger partial charge in [0.25, 0.3) is 0 Å². The number of nitrogens with two attached hydrogens (primary N) is 1. The lowest BCUT2D eigenvalue weighted by Crippen LogP contribution is -2.59. The maximum absolute atomic E-state index is 10.7. The van der Waals surface area contributed by atoms with Crippen LogP contribution >= 0.6 is 7.82 Å². The van der Waals surface area contributed by atoms with Gasteiger partial charge in [0.1, 0.15) is 24.4 Å². The summed E-state index contributed by atoms with van der Waals surface area (Å²) in [6.07, 6.45) is -7.39. The third-order valence-corrected chi connectivity index (χ3v) is 3.70. The lowest BCUT2D eigenvalue weighted by molar-refractivity contribution is -0.301. The van der Waals surface area contributed by atoms with Gasteiger partial charge >= 0.3 is 7.82 Å². The number of ether oxygens (including phenoxy) is 4. The fourth-order valence-corrected chi connectivity index (χ4v) is 2.33. The minimum Gasteiger partial charge on any atom is -0.387 e. The zero-order valence-electron chi connectivity index (χ0n) is 13.5. The molecular weight excluding hydrogens is 365 g/mol. The van der Waals surface area contributed by atoms with E-state index in [9.17, 15) is 19.9 Å². The Bertz CT molecular complexity index is 409.